The summed E-state index contributed by atoms with van der Waals surface area (Å²) in [6, 6.07) is 0. The third-order valence-electron chi connectivity index (χ3n) is 10.9. The van der Waals surface area contributed by atoms with Crippen molar-refractivity contribution in [1.82, 2.24) is 0 Å². The minimum absolute atomic E-state index is 0.137. The molecule has 0 aliphatic heterocycles. The van der Waals surface area contributed by atoms with Crippen LogP contribution in [0.5, 0.6) is 0 Å². The predicted molar refractivity (Wildman–Crippen MR) is 274 cm³/mol. The molecule has 2 unspecified atom stereocenters. The third kappa shape index (κ3) is 48.4. The number of carboxylic acid groups (broad SMARTS) is 1. The number of unbranched alkanes of at least 4 members (excludes halogenated alkanes) is 18. The zero-order valence-electron chi connectivity index (χ0n) is 42.8. The molecule has 0 fully saturated rings. The van der Waals surface area contributed by atoms with Crippen LogP contribution in [0.15, 0.2) is 85.1 Å². The lowest BCUT2D eigenvalue weighted by Gasteiger charge is -2.26. The number of nitrogens with zero attached hydrogens (tertiary/aromatic N) is 1. The number of carbonyl (C=O) groups is 3. The van der Waals surface area contributed by atoms with Crippen molar-refractivity contribution in [2.45, 2.75) is 212 Å². The Bertz CT molecular complexity index is 1350. The van der Waals surface area contributed by atoms with Crippen LogP contribution in [0.3, 0.4) is 0 Å². The fraction of sp³-hybridized carbons (Fsp3) is 0.702. The molecule has 0 aromatic rings. The quantitative estimate of drug-likeness (QED) is 0.0195. The number of allylic oxidation sites excluding steroid dienone is 14. The Labute approximate surface area is 404 Å². The van der Waals surface area contributed by atoms with Crippen LogP contribution in [-0.4, -0.2) is 82.3 Å². The molecule has 2 atom stereocenters. The van der Waals surface area contributed by atoms with Gasteiger partial charge in [0.2, 0.25) is 0 Å². The SMILES string of the molecule is CC/C=C\C/C=C\C/C=C\C/C=C\C/C=C\C/C=C\CCCCCCC(=O)OC(COC(=O)CCCCCCCCC/C=C\CCCCCCCCC)COC(OCC[N+](C)(C)C)C(=O)[O-]. The molecule has 0 bridgehead atoms. The van der Waals surface area contributed by atoms with E-state index in [0.29, 0.717) is 17.4 Å². The molecule has 66 heavy (non-hydrogen) atoms. The number of hydrogen-bond acceptors (Lipinski definition) is 8. The van der Waals surface area contributed by atoms with E-state index in [4.69, 9.17) is 18.9 Å². The summed E-state index contributed by atoms with van der Waals surface area (Å²) in [6.07, 6.45) is 59.0. The first kappa shape index (κ1) is 62.5. The monoisotopic (exact) mass is 924 g/mol. The molecule has 0 N–H and O–H groups in total. The molecule has 0 aromatic carbocycles. The van der Waals surface area contributed by atoms with Crippen molar-refractivity contribution in [3.8, 4) is 0 Å². The fourth-order valence-electron chi connectivity index (χ4n) is 6.83. The molecule has 0 radical (unpaired) electrons. The highest BCUT2D eigenvalue weighted by Gasteiger charge is 2.21. The maximum absolute atomic E-state index is 12.8. The first-order valence-electron chi connectivity index (χ1n) is 26.2. The molecule has 0 saturated carbocycles. The van der Waals surface area contributed by atoms with Gasteiger partial charge in [0.25, 0.3) is 0 Å². The molecule has 0 saturated heterocycles. The number of likely N-dealkylation sites (N-methyl/N-ethyl adjacent to an activating group) is 1. The summed E-state index contributed by atoms with van der Waals surface area (Å²) in [5.41, 5.74) is 0. The number of ether oxygens (including phenoxy) is 4. The van der Waals surface area contributed by atoms with Gasteiger partial charge in [-0.1, -0.05) is 182 Å². The van der Waals surface area contributed by atoms with E-state index in [9.17, 15) is 19.5 Å². The van der Waals surface area contributed by atoms with Crippen molar-refractivity contribution >= 4 is 17.9 Å². The van der Waals surface area contributed by atoms with Gasteiger partial charge < -0.3 is 33.3 Å². The molecular weight excluding hydrogens is 827 g/mol. The van der Waals surface area contributed by atoms with Crippen LogP contribution in [0, 0.1) is 0 Å². The lowest BCUT2D eigenvalue weighted by atomic mass is 10.1. The number of quaternary nitrogens is 1. The van der Waals surface area contributed by atoms with E-state index in [1.54, 1.807) is 0 Å². The van der Waals surface area contributed by atoms with E-state index >= 15 is 0 Å². The standard InChI is InChI=1S/C57H97NO8/c1-6-8-10-12-14-16-18-20-22-24-26-27-28-29-30-32-34-36-38-40-42-44-46-48-55(60)66-53(52-65-57(56(61)62)63-50-49-58(3,4)5)51-64-54(59)47-45-43-41-39-37-35-33-31-25-23-21-19-17-15-13-11-9-7-2/h8,10,14,16,20,22-23,25-27,29-30,34,36,53,57H,6-7,9,11-13,15,17-19,21,24,28,31-33,35,37-52H2,1-5H3/b10-8-,16-14-,22-20-,25-23-,27-26-,30-29-,36-34-. The molecule has 9 nitrogen and oxygen atoms in total. The largest absolute Gasteiger partial charge is 0.545 e. The van der Waals surface area contributed by atoms with Crippen LogP contribution >= 0.6 is 0 Å². The average molecular weight is 924 g/mol. The molecule has 0 aliphatic carbocycles. The minimum Gasteiger partial charge on any atom is -0.545 e. The Hall–Kier alpha value is -3.53. The summed E-state index contributed by atoms with van der Waals surface area (Å²) in [7, 11) is 5.90. The first-order chi connectivity index (χ1) is 32.1. The highest BCUT2D eigenvalue weighted by atomic mass is 16.7. The molecule has 0 heterocycles. The van der Waals surface area contributed by atoms with Crippen molar-refractivity contribution in [3.05, 3.63) is 85.1 Å². The molecular formula is C57H97NO8. The second kappa shape index (κ2) is 47.9. The van der Waals surface area contributed by atoms with Crippen LogP contribution < -0.4 is 5.11 Å². The Kier molecular flexibility index (Phi) is 45.4. The summed E-state index contributed by atoms with van der Waals surface area (Å²) in [5, 5.41) is 11.7. The van der Waals surface area contributed by atoms with E-state index < -0.39 is 24.3 Å². The van der Waals surface area contributed by atoms with Gasteiger partial charge in [-0.2, -0.15) is 0 Å². The zero-order chi connectivity index (χ0) is 48.4. The number of hydrogen-bond donors (Lipinski definition) is 0. The predicted octanol–water partition coefficient (Wildman–Crippen LogP) is 13.5. The maximum Gasteiger partial charge on any atom is 0.306 e. The summed E-state index contributed by atoms with van der Waals surface area (Å²) >= 11 is 0. The molecule has 0 spiro atoms. The highest BCUT2D eigenvalue weighted by Crippen LogP contribution is 2.14. The maximum atomic E-state index is 12.8. The fourth-order valence-corrected chi connectivity index (χ4v) is 6.83. The van der Waals surface area contributed by atoms with Gasteiger partial charge in [0.1, 0.15) is 13.2 Å². The highest BCUT2D eigenvalue weighted by molar-refractivity contribution is 5.70. The van der Waals surface area contributed by atoms with E-state index in [1.807, 2.05) is 21.1 Å². The third-order valence-corrected chi connectivity index (χ3v) is 10.9. The van der Waals surface area contributed by atoms with Crippen molar-refractivity contribution in [2.24, 2.45) is 0 Å². The normalized spacial score (nSPS) is 13.5. The smallest absolute Gasteiger partial charge is 0.306 e. The van der Waals surface area contributed by atoms with Gasteiger partial charge in [-0.3, -0.25) is 9.59 Å². The summed E-state index contributed by atoms with van der Waals surface area (Å²) in [4.78, 5) is 37.2. The van der Waals surface area contributed by atoms with Gasteiger partial charge in [0, 0.05) is 12.8 Å². The summed E-state index contributed by atoms with van der Waals surface area (Å²) in [5.74, 6) is -2.33. The van der Waals surface area contributed by atoms with Crippen LogP contribution in [0.2, 0.25) is 0 Å². The molecule has 9 heteroatoms. The molecule has 0 rings (SSSR count). The Balaban J connectivity index is 4.42. The van der Waals surface area contributed by atoms with Gasteiger partial charge in [-0.05, 0) is 89.9 Å². The van der Waals surface area contributed by atoms with Gasteiger partial charge in [0.05, 0.1) is 40.3 Å². The second-order valence-corrected chi connectivity index (χ2v) is 18.4. The number of carboxylic acids is 1. The van der Waals surface area contributed by atoms with Crippen molar-refractivity contribution in [3.63, 3.8) is 0 Å². The Morgan fingerprint density at radius 2 is 0.864 bits per heavy atom. The molecule has 0 aromatic heterocycles. The lowest BCUT2D eigenvalue weighted by Crippen LogP contribution is -2.44. The second-order valence-electron chi connectivity index (χ2n) is 18.4. The topological polar surface area (TPSA) is 111 Å². The number of aliphatic carboxylic acids is 1. The molecule has 0 amide bonds. The van der Waals surface area contributed by atoms with Crippen molar-refractivity contribution in [2.75, 3.05) is 47.5 Å². The molecule has 0 aliphatic rings. The number of rotatable bonds is 47. The van der Waals surface area contributed by atoms with Crippen LogP contribution in [0.1, 0.15) is 200 Å². The first-order valence-corrected chi connectivity index (χ1v) is 26.2. The van der Waals surface area contributed by atoms with Crippen LogP contribution in [-0.2, 0) is 33.3 Å². The minimum atomic E-state index is -1.63. The number of carbonyl (C=O) groups excluding carboxylic acids is 3. The van der Waals surface area contributed by atoms with Gasteiger partial charge in [-0.25, -0.2) is 0 Å². The van der Waals surface area contributed by atoms with Crippen LogP contribution in [0.4, 0.5) is 0 Å². The van der Waals surface area contributed by atoms with Crippen LogP contribution in [0.25, 0.3) is 0 Å². The summed E-state index contributed by atoms with van der Waals surface area (Å²) in [6.45, 7) is 4.58. The Morgan fingerprint density at radius 1 is 0.470 bits per heavy atom. The van der Waals surface area contributed by atoms with E-state index in [-0.39, 0.29) is 38.6 Å². The zero-order valence-corrected chi connectivity index (χ0v) is 42.8. The van der Waals surface area contributed by atoms with E-state index in [2.05, 4.69) is 98.9 Å². The van der Waals surface area contributed by atoms with Crippen molar-refractivity contribution in [1.29, 1.82) is 0 Å². The lowest BCUT2D eigenvalue weighted by molar-refractivity contribution is -0.870. The average Bonchev–Trinajstić information content (AvgIpc) is 3.28. The molecule has 378 valence electrons. The van der Waals surface area contributed by atoms with Gasteiger partial charge in [-0.15, -0.1) is 0 Å². The van der Waals surface area contributed by atoms with E-state index in [1.165, 1.54) is 70.6 Å². The van der Waals surface area contributed by atoms with E-state index in [0.717, 1.165) is 96.3 Å². The van der Waals surface area contributed by atoms with Gasteiger partial charge >= 0.3 is 11.9 Å². The number of esters is 2. The Morgan fingerprint density at radius 3 is 1.30 bits per heavy atom. The van der Waals surface area contributed by atoms with Crippen molar-refractivity contribution < 1.29 is 42.9 Å². The van der Waals surface area contributed by atoms with Gasteiger partial charge in [0.15, 0.2) is 12.4 Å². The summed E-state index contributed by atoms with van der Waals surface area (Å²) < 4.78 is 22.6.